The highest BCUT2D eigenvalue weighted by atomic mass is 35.5. The second-order valence-electron chi connectivity index (χ2n) is 4.13. The molecule has 1 saturated heterocycles. The minimum Gasteiger partial charge on any atom is -0.312 e. The predicted molar refractivity (Wildman–Crippen MR) is 71.7 cm³/mol. The second kappa shape index (κ2) is 5.11. The molecule has 4 heteroatoms. The molecule has 0 N–H and O–H groups in total. The van der Waals surface area contributed by atoms with Crippen LogP contribution in [-0.4, -0.2) is 12.5 Å². The summed E-state index contributed by atoms with van der Waals surface area (Å²) in [5.74, 6) is 0.175. The summed E-state index contributed by atoms with van der Waals surface area (Å²) in [5, 5.41) is 1.10. The molecular weight excluding hydrogens is 257 g/mol. The summed E-state index contributed by atoms with van der Waals surface area (Å²) in [6.45, 7) is 4.39. The molecule has 1 amide bonds. The fourth-order valence-corrected chi connectivity index (χ4v) is 2.62. The molecular formula is C13H13Cl2NO. The third-order valence-corrected chi connectivity index (χ3v) is 3.36. The van der Waals surface area contributed by atoms with Gasteiger partial charge in [-0.05, 0) is 31.0 Å². The van der Waals surface area contributed by atoms with Crippen LogP contribution in [-0.2, 0) is 4.79 Å². The number of nitrogens with zero attached hydrogens (tertiary/aromatic N) is 1. The summed E-state index contributed by atoms with van der Waals surface area (Å²) in [5.41, 5.74) is 0.777. The SMILES string of the molecule is C=CCC1CCN(c2cc(Cl)cc(Cl)c2)C1=O. The molecule has 0 radical (unpaired) electrons. The van der Waals surface area contributed by atoms with E-state index < -0.39 is 0 Å². The number of hydrogen-bond donors (Lipinski definition) is 0. The van der Waals surface area contributed by atoms with E-state index in [2.05, 4.69) is 6.58 Å². The minimum absolute atomic E-state index is 0.0465. The molecule has 0 saturated carbocycles. The molecule has 1 aliphatic rings. The number of hydrogen-bond acceptors (Lipinski definition) is 1. The number of amides is 1. The lowest BCUT2D eigenvalue weighted by Crippen LogP contribution is -2.26. The van der Waals surface area contributed by atoms with E-state index in [1.54, 1.807) is 29.2 Å². The van der Waals surface area contributed by atoms with Crippen LogP contribution in [0.1, 0.15) is 12.8 Å². The van der Waals surface area contributed by atoms with Crippen LogP contribution in [0.4, 0.5) is 5.69 Å². The average molecular weight is 270 g/mol. The summed E-state index contributed by atoms with van der Waals surface area (Å²) in [6, 6.07) is 5.19. The predicted octanol–water partition coefficient (Wildman–Crippen LogP) is 3.92. The monoisotopic (exact) mass is 269 g/mol. The third-order valence-electron chi connectivity index (χ3n) is 2.93. The van der Waals surface area contributed by atoms with Crippen molar-refractivity contribution < 1.29 is 4.79 Å². The molecule has 1 aromatic carbocycles. The van der Waals surface area contributed by atoms with Crippen molar-refractivity contribution >= 4 is 34.8 Å². The second-order valence-corrected chi connectivity index (χ2v) is 5.00. The summed E-state index contributed by atoms with van der Waals surface area (Å²) in [4.78, 5) is 13.9. The van der Waals surface area contributed by atoms with Crippen molar-refractivity contribution in [3.8, 4) is 0 Å². The van der Waals surface area contributed by atoms with E-state index >= 15 is 0 Å². The van der Waals surface area contributed by atoms with E-state index in [0.29, 0.717) is 16.6 Å². The minimum atomic E-state index is 0.0465. The summed E-state index contributed by atoms with van der Waals surface area (Å²) in [7, 11) is 0. The van der Waals surface area contributed by atoms with Gasteiger partial charge in [-0.15, -0.1) is 6.58 Å². The molecule has 0 spiro atoms. The van der Waals surface area contributed by atoms with Crippen molar-refractivity contribution in [3.63, 3.8) is 0 Å². The van der Waals surface area contributed by atoms with E-state index in [1.807, 2.05) is 0 Å². The Hall–Kier alpha value is -0.990. The van der Waals surface area contributed by atoms with Crippen LogP contribution in [0.5, 0.6) is 0 Å². The first-order valence-electron chi connectivity index (χ1n) is 5.50. The van der Waals surface area contributed by atoms with Crippen LogP contribution in [0, 0.1) is 5.92 Å². The van der Waals surface area contributed by atoms with E-state index in [4.69, 9.17) is 23.2 Å². The van der Waals surface area contributed by atoms with E-state index in [-0.39, 0.29) is 11.8 Å². The van der Waals surface area contributed by atoms with Crippen molar-refractivity contribution in [2.45, 2.75) is 12.8 Å². The van der Waals surface area contributed by atoms with Gasteiger partial charge >= 0.3 is 0 Å². The van der Waals surface area contributed by atoms with E-state index in [0.717, 1.165) is 18.5 Å². The zero-order valence-corrected chi connectivity index (χ0v) is 10.8. The Morgan fingerprint density at radius 2 is 2.00 bits per heavy atom. The lowest BCUT2D eigenvalue weighted by atomic mass is 10.0. The maximum atomic E-state index is 12.1. The first-order valence-corrected chi connectivity index (χ1v) is 6.26. The third kappa shape index (κ3) is 2.64. The fourth-order valence-electron chi connectivity index (χ4n) is 2.11. The largest absolute Gasteiger partial charge is 0.312 e. The van der Waals surface area contributed by atoms with Gasteiger partial charge in [0.05, 0.1) is 0 Å². The average Bonchev–Trinajstić information content (AvgIpc) is 2.60. The number of halogens is 2. The zero-order valence-electron chi connectivity index (χ0n) is 9.33. The number of allylic oxidation sites excluding steroid dienone is 1. The van der Waals surface area contributed by atoms with Gasteiger partial charge in [0.25, 0.3) is 0 Å². The van der Waals surface area contributed by atoms with Crippen molar-refractivity contribution in [2.24, 2.45) is 5.92 Å². The highest BCUT2D eigenvalue weighted by Gasteiger charge is 2.31. The summed E-state index contributed by atoms with van der Waals surface area (Å²) < 4.78 is 0. The van der Waals surface area contributed by atoms with Crippen molar-refractivity contribution in [1.29, 1.82) is 0 Å². The molecule has 1 atom stereocenters. The lowest BCUT2D eigenvalue weighted by molar-refractivity contribution is -0.120. The van der Waals surface area contributed by atoms with Gasteiger partial charge in [0, 0.05) is 28.2 Å². The van der Waals surface area contributed by atoms with Crippen LogP contribution in [0.3, 0.4) is 0 Å². The molecule has 90 valence electrons. The molecule has 17 heavy (non-hydrogen) atoms. The van der Waals surface area contributed by atoms with Gasteiger partial charge in [0.1, 0.15) is 0 Å². The van der Waals surface area contributed by atoms with Crippen LogP contribution in [0.25, 0.3) is 0 Å². The Labute approximate surface area is 111 Å². The number of anilines is 1. The number of benzene rings is 1. The molecule has 2 rings (SSSR count). The maximum Gasteiger partial charge on any atom is 0.230 e. The Bertz CT molecular complexity index is 438. The lowest BCUT2D eigenvalue weighted by Gasteiger charge is -2.17. The fraction of sp³-hybridized carbons (Fsp3) is 0.308. The van der Waals surface area contributed by atoms with Crippen LogP contribution in [0.15, 0.2) is 30.9 Å². The smallest absolute Gasteiger partial charge is 0.230 e. The van der Waals surface area contributed by atoms with Crippen molar-refractivity contribution in [2.75, 3.05) is 11.4 Å². The summed E-state index contributed by atoms with van der Waals surface area (Å²) in [6.07, 6.45) is 3.37. The molecule has 1 heterocycles. The van der Waals surface area contributed by atoms with Gasteiger partial charge in [-0.2, -0.15) is 0 Å². The number of carbonyl (C=O) groups excluding carboxylic acids is 1. The highest BCUT2D eigenvalue weighted by molar-refractivity contribution is 6.35. The Morgan fingerprint density at radius 1 is 1.35 bits per heavy atom. The van der Waals surface area contributed by atoms with Gasteiger partial charge < -0.3 is 4.90 Å². The first kappa shape index (κ1) is 12.5. The van der Waals surface area contributed by atoms with Crippen molar-refractivity contribution in [1.82, 2.24) is 0 Å². The van der Waals surface area contributed by atoms with Gasteiger partial charge in [-0.1, -0.05) is 29.3 Å². The van der Waals surface area contributed by atoms with Crippen LogP contribution >= 0.6 is 23.2 Å². The van der Waals surface area contributed by atoms with E-state index in [9.17, 15) is 4.79 Å². The van der Waals surface area contributed by atoms with Crippen LogP contribution < -0.4 is 4.90 Å². The molecule has 1 fully saturated rings. The van der Waals surface area contributed by atoms with Gasteiger partial charge in [-0.25, -0.2) is 0 Å². The standard InChI is InChI=1S/C13H13Cl2NO/c1-2-3-9-4-5-16(13(9)17)12-7-10(14)6-11(15)8-12/h2,6-9H,1,3-5H2. The Balaban J connectivity index is 2.23. The number of carbonyl (C=O) groups is 1. The van der Waals surface area contributed by atoms with Gasteiger partial charge in [-0.3, -0.25) is 4.79 Å². The Kier molecular flexibility index (Phi) is 3.75. The van der Waals surface area contributed by atoms with Crippen LogP contribution in [0.2, 0.25) is 10.0 Å². The zero-order chi connectivity index (χ0) is 12.4. The molecule has 0 aromatic heterocycles. The molecule has 1 unspecified atom stereocenters. The molecule has 1 aromatic rings. The van der Waals surface area contributed by atoms with E-state index in [1.165, 1.54) is 0 Å². The van der Waals surface area contributed by atoms with Gasteiger partial charge in [0.15, 0.2) is 0 Å². The molecule has 1 aliphatic heterocycles. The number of rotatable bonds is 3. The molecule has 2 nitrogen and oxygen atoms in total. The topological polar surface area (TPSA) is 20.3 Å². The molecule has 0 aliphatic carbocycles. The Morgan fingerprint density at radius 3 is 2.59 bits per heavy atom. The normalized spacial score (nSPS) is 19.8. The quantitative estimate of drug-likeness (QED) is 0.762. The summed E-state index contributed by atoms with van der Waals surface area (Å²) >= 11 is 11.9. The first-order chi connectivity index (χ1) is 8.11. The van der Waals surface area contributed by atoms with Gasteiger partial charge in [0.2, 0.25) is 5.91 Å². The maximum absolute atomic E-state index is 12.1. The van der Waals surface area contributed by atoms with Crippen molar-refractivity contribution in [3.05, 3.63) is 40.9 Å². The highest BCUT2D eigenvalue weighted by Crippen LogP contribution is 2.31. The molecule has 0 bridgehead atoms.